The Morgan fingerprint density at radius 1 is 1.17 bits per heavy atom. The maximum Gasteiger partial charge on any atom is 0.150 e. The quantitative estimate of drug-likeness (QED) is 0.858. The van der Waals surface area contributed by atoms with Crippen LogP contribution in [0.25, 0.3) is 0 Å². The zero-order valence-electron chi connectivity index (χ0n) is 11.7. The molecule has 2 aliphatic rings. The summed E-state index contributed by atoms with van der Waals surface area (Å²) in [6, 6.07) is 0.563. The number of nitrogens with one attached hydrogen (secondary N) is 1. The van der Waals surface area contributed by atoms with E-state index in [0.29, 0.717) is 12.0 Å². The van der Waals surface area contributed by atoms with E-state index in [2.05, 4.69) is 12.2 Å². The van der Waals surface area contributed by atoms with E-state index < -0.39 is 9.84 Å². The molecule has 3 nitrogen and oxygen atoms in total. The summed E-state index contributed by atoms with van der Waals surface area (Å²) in [6.07, 6.45) is 9.25. The summed E-state index contributed by atoms with van der Waals surface area (Å²) in [4.78, 5) is 0. The molecule has 0 aromatic rings. The Bertz CT molecular complexity index is 366. The third-order valence-corrected chi connectivity index (χ3v) is 6.60. The number of rotatable bonds is 3. The Kier molecular flexibility index (Phi) is 4.70. The first-order chi connectivity index (χ1) is 8.50. The van der Waals surface area contributed by atoms with Crippen LogP contribution in [0.1, 0.15) is 51.9 Å². The van der Waals surface area contributed by atoms with Crippen LogP contribution in [0.4, 0.5) is 0 Å². The van der Waals surface area contributed by atoms with Crippen molar-refractivity contribution in [2.45, 2.75) is 63.2 Å². The van der Waals surface area contributed by atoms with Crippen LogP contribution >= 0.6 is 0 Å². The molecule has 4 atom stereocenters. The fraction of sp³-hybridized carbons (Fsp3) is 1.00. The molecule has 0 spiro atoms. The predicted molar refractivity (Wildman–Crippen MR) is 75.4 cm³/mol. The van der Waals surface area contributed by atoms with E-state index in [4.69, 9.17) is 0 Å². The van der Waals surface area contributed by atoms with E-state index in [1.807, 2.05) is 0 Å². The minimum atomic E-state index is -2.84. The smallest absolute Gasteiger partial charge is 0.150 e. The lowest BCUT2D eigenvalue weighted by Crippen LogP contribution is -2.45. The Labute approximate surface area is 112 Å². The van der Waals surface area contributed by atoms with Gasteiger partial charge < -0.3 is 5.32 Å². The monoisotopic (exact) mass is 273 g/mol. The molecule has 4 unspecified atom stereocenters. The molecule has 1 aliphatic heterocycles. The third kappa shape index (κ3) is 3.47. The van der Waals surface area contributed by atoms with Gasteiger partial charge in [-0.15, -0.1) is 0 Å². The molecule has 1 N–H and O–H groups in total. The zero-order valence-corrected chi connectivity index (χ0v) is 12.5. The van der Waals surface area contributed by atoms with Crippen molar-refractivity contribution < 1.29 is 8.42 Å². The van der Waals surface area contributed by atoms with Gasteiger partial charge in [0.2, 0.25) is 0 Å². The molecule has 1 saturated heterocycles. The van der Waals surface area contributed by atoms with Gasteiger partial charge in [0.1, 0.15) is 9.84 Å². The molecule has 1 saturated carbocycles. The summed E-state index contributed by atoms with van der Waals surface area (Å²) in [5, 5.41) is 3.55. The first kappa shape index (κ1) is 14.3. The van der Waals surface area contributed by atoms with Gasteiger partial charge in [-0.3, -0.25) is 0 Å². The summed E-state index contributed by atoms with van der Waals surface area (Å²) in [6.45, 7) is 3.39. The Morgan fingerprint density at radius 3 is 2.61 bits per heavy atom. The number of hydrogen-bond acceptors (Lipinski definition) is 3. The minimum Gasteiger partial charge on any atom is -0.314 e. The van der Waals surface area contributed by atoms with E-state index in [-0.39, 0.29) is 5.25 Å². The Hall–Kier alpha value is -0.0900. The first-order valence-corrected chi connectivity index (χ1v) is 9.38. The normalized spacial score (nSPS) is 38.6. The second-order valence-corrected chi connectivity index (χ2v) is 8.56. The summed E-state index contributed by atoms with van der Waals surface area (Å²) < 4.78 is 23.4. The van der Waals surface area contributed by atoms with E-state index in [1.54, 1.807) is 0 Å². The second-order valence-electron chi connectivity index (χ2n) is 6.24. The highest BCUT2D eigenvalue weighted by Gasteiger charge is 2.34. The van der Waals surface area contributed by atoms with Crippen molar-refractivity contribution in [1.82, 2.24) is 5.32 Å². The number of piperidine rings is 1. The molecule has 18 heavy (non-hydrogen) atoms. The predicted octanol–water partition coefficient (Wildman–Crippen LogP) is 2.37. The molecule has 2 rings (SSSR count). The largest absolute Gasteiger partial charge is 0.314 e. The average molecular weight is 273 g/mol. The van der Waals surface area contributed by atoms with Gasteiger partial charge in [-0.2, -0.15) is 0 Å². The third-order valence-electron chi connectivity index (χ3n) is 4.96. The highest BCUT2D eigenvalue weighted by atomic mass is 32.2. The van der Waals surface area contributed by atoms with Gasteiger partial charge in [-0.25, -0.2) is 8.42 Å². The summed E-state index contributed by atoms with van der Waals surface area (Å²) in [5.74, 6) is 1.42. The SMILES string of the molecule is CCC1CCNC(C2CCCC(S(C)(=O)=O)C2)C1. The zero-order chi connectivity index (χ0) is 13.2. The molecular weight excluding hydrogens is 246 g/mol. The molecule has 0 bridgehead atoms. The lowest BCUT2D eigenvalue weighted by molar-refractivity contribution is 0.196. The van der Waals surface area contributed by atoms with Crippen LogP contribution in [0.2, 0.25) is 0 Å². The molecule has 0 radical (unpaired) electrons. The molecule has 0 aromatic heterocycles. The molecule has 106 valence electrons. The molecule has 0 aromatic carbocycles. The second kappa shape index (κ2) is 5.91. The standard InChI is InChI=1S/C14H27NO2S/c1-3-11-7-8-15-14(9-11)12-5-4-6-13(10-12)18(2,16)17/h11-15H,3-10H2,1-2H3. The van der Waals surface area contributed by atoms with E-state index >= 15 is 0 Å². The van der Waals surface area contributed by atoms with Crippen LogP contribution in [0, 0.1) is 11.8 Å². The van der Waals surface area contributed by atoms with Crippen molar-refractivity contribution >= 4 is 9.84 Å². The van der Waals surface area contributed by atoms with Gasteiger partial charge >= 0.3 is 0 Å². The van der Waals surface area contributed by atoms with Crippen molar-refractivity contribution in [3.8, 4) is 0 Å². The van der Waals surface area contributed by atoms with Crippen molar-refractivity contribution in [1.29, 1.82) is 0 Å². The maximum atomic E-state index is 11.7. The molecule has 4 heteroatoms. The lowest BCUT2D eigenvalue weighted by Gasteiger charge is -2.39. The fourth-order valence-electron chi connectivity index (χ4n) is 3.70. The maximum absolute atomic E-state index is 11.7. The lowest BCUT2D eigenvalue weighted by atomic mass is 9.77. The van der Waals surface area contributed by atoms with Crippen LogP contribution in [-0.4, -0.2) is 32.5 Å². The minimum absolute atomic E-state index is 0.0833. The Balaban J connectivity index is 1.96. The van der Waals surface area contributed by atoms with Gasteiger partial charge in [-0.05, 0) is 50.5 Å². The van der Waals surface area contributed by atoms with Crippen LogP contribution in [-0.2, 0) is 9.84 Å². The van der Waals surface area contributed by atoms with Gasteiger partial charge in [0, 0.05) is 12.3 Å². The Morgan fingerprint density at radius 2 is 1.94 bits per heavy atom. The van der Waals surface area contributed by atoms with Gasteiger partial charge in [0.25, 0.3) is 0 Å². The van der Waals surface area contributed by atoms with E-state index in [1.165, 1.54) is 31.9 Å². The van der Waals surface area contributed by atoms with Crippen molar-refractivity contribution in [3.63, 3.8) is 0 Å². The topological polar surface area (TPSA) is 46.2 Å². The number of sulfone groups is 1. The highest BCUT2D eigenvalue weighted by Crippen LogP contribution is 2.34. The number of hydrogen-bond donors (Lipinski definition) is 1. The molecule has 1 heterocycles. The van der Waals surface area contributed by atoms with Gasteiger partial charge in [0.15, 0.2) is 0 Å². The van der Waals surface area contributed by atoms with Crippen LogP contribution in [0.5, 0.6) is 0 Å². The van der Waals surface area contributed by atoms with Crippen molar-refractivity contribution in [3.05, 3.63) is 0 Å². The summed E-state index contributed by atoms with van der Waals surface area (Å²) in [5.41, 5.74) is 0. The molecular formula is C14H27NO2S. The fourth-order valence-corrected chi connectivity index (χ4v) is 4.89. The van der Waals surface area contributed by atoms with Gasteiger partial charge in [-0.1, -0.05) is 19.8 Å². The van der Waals surface area contributed by atoms with E-state index in [0.717, 1.165) is 31.7 Å². The molecule has 0 amide bonds. The highest BCUT2D eigenvalue weighted by molar-refractivity contribution is 7.91. The van der Waals surface area contributed by atoms with Crippen LogP contribution in [0.3, 0.4) is 0 Å². The van der Waals surface area contributed by atoms with Crippen molar-refractivity contribution in [2.24, 2.45) is 11.8 Å². The van der Waals surface area contributed by atoms with Gasteiger partial charge in [0.05, 0.1) is 5.25 Å². The summed E-state index contributed by atoms with van der Waals surface area (Å²) >= 11 is 0. The molecule has 2 fully saturated rings. The molecule has 1 aliphatic carbocycles. The van der Waals surface area contributed by atoms with E-state index in [9.17, 15) is 8.42 Å². The van der Waals surface area contributed by atoms with Crippen LogP contribution < -0.4 is 5.32 Å². The van der Waals surface area contributed by atoms with Crippen molar-refractivity contribution in [2.75, 3.05) is 12.8 Å². The summed E-state index contributed by atoms with van der Waals surface area (Å²) in [7, 11) is -2.84. The van der Waals surface area contributed by atoms with Crippen LogP contribution in [0.15, 0.2) is 0 Å². The average Bonchev–Trinajstić information content (AvgIpc) is 2.38. The first-order valence-electron chi connectivity index (χ1n) is 7.43.